The van der Waals surface area contributed by atoms with Gasteiger partial charge in [-0.3, -0.25) is 0 Å². The Labute approximate surface area is 130 Å². The van der Waals surface area contributed by atoms with Crippen LogP contribution in [0.1, 0.15) is 78.1 Å². The SMILES string of the molecule is CC1CC(C)CC(CNC(=O)NC2CCCCCCC2)C1. The third-order valence-electron chi connectivity index (χ3n) is 5.27. The van der Waals surface area contributed by atoms with Gasteiger partial charge in [0.05, 0.1) is 0 Å². The van der Waals surface area contributed by atoms with Gasteiger partial charge in [-0.25, -0.2) is 4.79 Å². The van der Waals surface area contributed by atoms with Crippen LogP contribution in [0.2, 0.25) is 0 Å². The zero-order valence-electron chi connectivity index (χ0n) is 14.0. The molecule has 2 N–H and O–H groups in total. The van der Waals surface area contributed by atoms with Gasteiger partial charge in [0.15, 0.2) is 0 Å². The summed E-state index contributed by atoms with van der Waals surface area (Å²) in [6.45, 7) is 5.54. The molecule has 122 valence electrons. The molecule has 0 aromatic heterocycles. The first-order chi connectivity index (χ1) is 10.1. The summed E-state index contributed by atoms with van der Waals surface area (Å²) in [7, 11) is 0. The molecule has 0 heterocycles. The van der Waals surface area contributed by atoms with Crippen LogP contribution in [-0.4, -0.2) is 18.6 Å². The Balaban J connectivity index is 1.66. The second-order valence-corrected chi connectivity index (χ2v) is 7.68. The first-order valence-corrected chi connectivity index (χ1v) is 9.18. The summed E-state index contributed by atoms with van der Waals surface area (Å²) in [5, 5.41) is 6.33. The van der Waals surface area contributed by atoms with E-state index in [2.05, 4.69) is 24.5 Å². The fraction of sp³-hybridized carbons (Fsp3) is 0.944. The third-order valence-corrected chi connectivity index (χ3v) is 5.27. The van der Waals surface area contributed by atoms with Crippen LogP contribution in [0, 0.1) is 17.8 Å². The molecule has 21 heavy (non-hydrogen) atoms. The summed E-state index contributed by atoms with van der Waals surface area (Å²) in [6, 6.07) is 0.459. The van der Waals surface area contributed by atoms with Crippen molar-refractivity contribution >= 4 is 6.03 Å². The van der Waals surface area contributed by atoms with E-state index in [0.29, 0.717) is 12.0 Å². The quantitative estimate of drug-likeness (QED) is 0.792. The molecular formula is C18H34N2O. The topological polar surface area (TPSA) is 41.1 Å². The Kier molecular flexibility index (Phi) is 6.85. The summed E-state index contributed by atoms with van der Waals surface area (Å²) >= 11 is 0. The van der Waals surface area contributed by atoms with E-state index in [4.69, 9.17) is 0 Å². The molecular weight excluding hydrogens is 260 g/mol. The van der Waals surface area contributed by atoms with Crippen LogP contribution in [0.3, 0.4) is 0 Å². The van der Waals surface area contributed by atoms with E-state index < -0.39 is 0 Å². The number of hydrogen-bond acceptors (Lipinski definition) is 1. The van der Waals surface area contributed by atoms with Gasteiger partial charge >= 0.3 is 6.03 Å². The molecule has 2 atom stereocenters. The van der Waals surface area contributed by atoms with E-state index in [1.54, 1.807) is 0 Å². The molecule has 2 saturated carbocycles. The van der Waals surface area contributed by atoms with Crippen molar-refractivity contribution in [2.45, 2.75) is 84.1 Å². The van der Waals surface area contributed by atoms with Crippen molar-refractivity contribution in [2.24, 2.45) is 17.8 Å². The highest BCUT2D eigenvalue weighted by Gasteiger charge is 2.24. The molecule has 0 bridgehead atoms. The van der Waals surface area contributed by atoms with Gasteiger partial charge in [-0.15, -0.1) is 0 Å². The molecule has 3 heteroatoms. The third kappa shape index (κ3) is 6.27. The minimum Gasteiger partial charge on any atom is -0.338 e. The summed E-state index contributed by atoms with van der Waals surface area (Å²) < 4.78 is 0. The lowest BCUT2D eigenvalue weighted by Gasteiger charge is -2.31. The number of hydrogen-bond donors (Lipinski definition) is 2. The molecule has 0 saturated heterocycles. The summed E-state index contributed by atoms with van der Waals surface area (Å²) in [4.78, 5) is 12.1. The summed E-state index contributed by atoms with van der Waals surface area (Å²) in [5.74, 6) is 2.30. The Hall–Kier alpha value is -0.730. The van der Waals surface area contributed by atoms with Crippen LogP contribution in [0.4, 0.5) is 4.79 Å². The van der Waals surface area contributed by atoms with Crippen molar-refractivity contribution in [1.29, 1.82) is 0 Å². The molecule has 0 radical (unpaired) electrons. The highest BCUT2D eigenvalue weighted by atomic mass is 16.2. The standard InChI is InChI=1S/C18H34N2O/c1-14-10-15(2)12-16(11-14)13-19-18(21)20-17-8-6-4-3-5-7-9-17/h14-17H,3-13H2,1-2H3,(H2,19,20,21). The number of amides is 2. The largest absolute Gasteiger partial charge is 0.338 e. The maximum Gasteiger partial charge on any atom is 0.315 e. The van der Waals surface area contributed by atoms with Gasteiger partial charge in [-0.05, 0) is 49.9 Å². The maximum atomic E-state index is 12.1. The molecule has 0 aromatic carbocycles. The van der Waals surface area contributed by atoms with E-state index >= 15 is 0 Å². The smallest absolute Gasteiger partial charge is 0.315 e. The fourth-order valence-corrected chi connectivity index (χ4v) is 4.35. The minimum absolute atomic E-state index is 0.0615. The molecule has 2 rings (SSSR count). The first-order valence-electron chi connectivity index (χ1n) is 9.18. The number of nitrogens with one attached hydrogen (secondary N) is 2. The fourth-order valence-electron chi connectivity index (χ4n) is 4.35. The zero-order valence-corrected chi connectivity index (χ0v) is 14.0. The lowest BCUT2D eigenvalue weighted by Crippen LogP contribution is -2.44. The Morgan fingerprint density at radius 3 is 2.10 bits per heavy atom. The highest BCUT2D eigenvalue weighted by Crippen LogP contribution is 2.32. The van der Waals surface area contributed by atoms with E-state index in [1.807, 2.05) is 0 Å². The van der Waals surface area contributed by atoms with Crippen LogP contribution in [0.15, 0.2) is 0 Å². The number of carbonyl (C=O) groups is 1. The van der Waals surface area contributed by atoms with Crippen molar-refractivity contribution in [3.8, 4) is 0 Å². The normalized spacial score (nSPS) is 32.0. The van der Waals surface area contributed by atoms with Crippen molar-refractivity contribution in [2.75, 3.05) is 6.54 Å². The average Bonchev–Trinajstić information content (AvgIpc) is 2.38. The molecule has 3 nitrogen and oxygen atoms in total. The van der Waals surface area contributed by atoms with Crippen molar-refractivity contribution < 1.29 is 4.79 Å². The molecule has 0 aliphatic heterocycles. The maximum absolute atomic E-state index is 12.1. The predicted octanol–water partition coefficient (Wildman–Crippen LogP) is 4.47. The summed E-state index contributed by atoms with van der Waals surface area (Å²) in [5.41, 5.74) is 0. The van der Waals surface area contributed by atoms with Gasteiger partial charge < -0.3 is 10.6 Å². The molecule has 2 fully saturated rings. The minimum atomic E-state index is 0.0615. The van der Waals surface area contributed by atoms with Crippen molar-refractivity contribution in [1.82, 2.24) is 10.6 Å². The van der Waals surface area contributed by atoms with Crippen LogP contribution in [0.5, 0.6) is 0 Å². The number of carbonyl (C=O) groups excluding carboxylic acids is 1. The van der Waals surface area contributed by atoms with Crippen LogP contribution in [0.25, 0.3) is 0 Å². The molecule has 2 amide bonds. The van der Waals surface area contributed by atoms with Crippen molar-refractivity contribution in [3.05, 3.63) is 0 Å². The number of rotatable bonds is 3. The molecule has 2 aliphatic carbocycles. The monoisotopic (exact) mass is 294 g/mol. The number of urea groups is 1. The van der Waals surface area contributed by atoms with Gasteiger partial charge in [0.2, 0.25) is 0 Å². The second-order valence-electron chi connectivity index (χ2n) is 7.68. The second kappa shape index (κ2) is 8.65. The average molecular weight is 294 g/mol. The zero-order chi connectivity index (χ0) is 15.1. The van der Waals surface area contributed by atoms with E-state index in [-0.39, 0.29) is 6.03 Å². The van der Waals surface area contributed by atoms with Gasteiger partial charge in [-0.2, -0.15) is 0 Å². The van der Waals surface area contributed by atoms with E-state index in [1.165, 1.54) is 51.4 Å². The lowest BCUT2D eigenvalue weighted by atomic mass is 9.77. The van der Waals surface area contributed by atoms with Crippen molar-refractivity contribution in [3.63, 3.8) is 0 Å². The van der Waals surface area contributed by atoms with Crippen LogP contribution >= 0.6 is 0 Å². The Morgan fingerprint density at radius 2 is 1.48 bits per heavy atom. The molecule has 2 unspecified atom stereocenters. The van der Waals surface area contributed by atoms with Gasteiger partial charge in [0.1, 0.15) is 0 Å². The van der Waals surface area contributed by atoms with Gasteiger partial charge in [-0.1, -0.05) is 46.0 Å². The first kappa shape index (κ1) is 16.6. The van der Waals surface area contributed by atoms with Crippen LogP contribution < -0.4 is 10.6 Å². The molecule has 0 spiro atoms. The van der Waals surface area contributed by atoms with Gasteiger partial charge in [0, 0.05) is 12.6 Å². The van der Waals surface area contributed by atoms with E-state index in [9.17, 15) is 4.79 Å². The highest BCUT2D eigenvalue weighted by molar-refractivity contribution is 5.74. The summed E-state index contributed by atoms with van der Waals surface area (Å²) in [6.07, 6.45) is 12.8. The Bertz CT molecular complexity index is 300. The van der Waals surface area contributed by atoms with E-state index in [0.717, 1.165) is 31.2 Å². The van der Waals surface area contributed by atoms with Gasteiger partial charge in [0.25, 0.3) is 0 Å². The molecule has 2 aliphatic rings. The predicted molar refractivity (Wildman–Crippen MR) is 88.3 cm³/mol. The van der Waals surface area contributed by atoms with Crippen LogP contribution in [-0.2, 0) is 0 Å². The lowest BCUT2D eigenvalue weighted by molar-refractivity contribution is 0.205. The molecule has 0 aromatic rings. The Morgan fingerprint density at radius 1 is 0.905 bits per heavy atom.